The Hall–Kier alpha value is -2.26. The molecule has 1 N–H and O–H groups in total. The molecule has 19 heavy (non-hydrogen) atoms. The highest BCUT2D eigenvalue weighted by Crippen LogP contribution is 2.24. The van der Waals surface area contributed by atoms with E-state index in [4.69, 9.17) is 21.4 Å². The maximum Gasteiger partial charge on any atom is 0.328 e. The summed E-state index contributed by atoms with van der Waals surface area (Å²) in [6.45, 7) is 0. The van der Waals surface area contributed by atoms with Crippen molar-refractivity contribution in [3.05, 3.63) is 65.2 Å². The molecule has 0 aliphatic carbocycles. The number of aliphatic carboxylic acids is 1. The minimum Gasteiger partial charge on any atom is -0.478 e. The third kappa shape index (κ3) is 4.16. The first kappa shape index (κ1) is 13.2. The van der Waals surface area contributed by atoms with Crippen LogP contribution in [0.3, 0.4) is 0 Å². The maximum absolute atomic E-state index is 10.4. The second-order valence-electron chi connectivity index (χ2n) is 3.80. The van der Waals surface area contributed by atoms with Gasteiger partial charge in [-0.2, -0.15) is 0 Å². The first-order valence-corrected chi connectivity index (χ1v) is 5.96. The fourth-order valence-corrected chi connectivity index (χ4v) is 1.66. The molecule has 0 bridgehead atoms. The molecule has 0 atom stereocenters. The first-order valence-electron chi connectivity index (χ1n) is 5.58. The lowest BCUT2D eigenvalue weighted by atomic mass is 10.2. The average molecular weight is 275 g/mol. The SMILES string of the molecule is O=C(O)/C=C/c1ccc(Oc2cccc(Cl)c2)cc1. The molecule has 0 unspecified atom stereocenters. The summed E-state index contributed by atoms with van der Waals surface area (Å²) in [4.78, 5) is 10.4. The number of carbonyl (C=O) groups is 1. The van der Waals surface area contributed by atoms with Crippen LogP contribution in [0.1, 0.15) is 5.56 Å². The Labute approximate surface area is 115 Å². The zero-order valence-electron chi connectivity index (χ0n) is 9.92. The number of carboxylic acids is 1. The second-order valence-corrected chi connectivity index (χ2v) is 4.24. The van der Waals surface area contributed by atoms with Crippen molar-refractivity contribution in [3.63, 3.8) is 0 Å². The Morgan fingerprint density at radius 1 is 1.11 bits per heavy atom. The van der Waals surface area contributed by atoms with E-state index in [1.54, 1.807) is 36.4 Å². The molecule has 0 saturated heterocycles. The van der Waals surface area contributed by atoms with Crippen LogP contribution in [0.15, 0.2) is 54.6 Å². The van der Waals surface area contributed by atoms with Gasteiger partial charge in [-0.25, -0.2) is 4.79 Å². The summed E-state index contributed by atoms with van der Waals surface area (Å²) >= 11 is 5.86. The van der Waals surface area contributed by atoms with Gasteiger partial charge in [0.2, 0.25) is 0 Å². The molecule has 0 aliphatic heterocycles. The van der Waals surface area contributed by atoms with Crippen molar-refractivity contribution in [3.8, 4) is 11.5 Å². The predicted octanol–water partition coefficient (Wildman–Crippen LogP) is 4.23. The number of benzene rings is 2. The van der Waals surface area contributed by atoms with Gasteiger partial charge in [-0.1, -0.05) is 29.8 Å². The number of hydrogen-bond donors (Lipinski definition) is 1. The van der Waals surface area contributed by atoms with Crippen LogP contribution < -0.4 is 4.74 Å². The Balaban J connectivity index is 2.08. The molecule has 0 radical (unpaired) electrons. The highest BCUT2D eigenvalue weighted by atomic mass is 35.5. The van der Waals surface area contributed by atoms with E-state index < -0.39 is 5.97 Å². The molecular weight excluding hydrogens is 264 g/mol. The molecule has 2 aromatic rings. The molecule has 96 valence electrons. The minimum atomic E-state index is -0.973. The Bertz CT molecular complexity index is 603. The van der Waals surface area contributed by atoms with E-state index in [0.29, 0.717) is 16.5 Å². The van der Waals surface area contributed by atoms with Crippen LogP contribution in [0.4, 0.5) is 0 Å². The minimum absolute atomic E-state index is 0.610. The van der Waals surface area contributed by atoms with Crippen molar-refractivity contribution in [2.24, 2.45) is 0 Å². The van der Waals surface area contributed by atoms with Crippen LogP contribution in [0.5, 0.6) is 11.5 Å². The normalized spacial score (nSPS) is 10.6. The topological polar surface area (TPSA) is 46.5 Å². The van der Waals surface area contributed by atoms with Gasteiger partial charge in [0.25, 0.3) is 0 Å². The molecule has 0 saturated carbocycles. The summed E-state index contributed by atoms with van der Waals surface area (Å²) in [5.74, 6) is 0.343. The summed E-state index contributed by atoms with van der Waals surface area (Å²) in [6.07, 6.45) is 2.61. The Kier molecular flexibility index (Phi) is 4.21. The van der Waals surface area contributed by atoms with Crippen LogP contribution in [0.25, 0.3) is 6.08 Å². The van der Waals surface area contributed by atoms with E-state index in [-0.39, 0.29) is 0 Å². The summed E-state index contributed by atoms with van der Waals surface area (Å²) in [5, 5.41) is 9.14. The lowest BCUT2D eigenvalue weighted by Crippen LogP contribution is -1.86. The van der Waals surface area contributed by atoms with Crippen molar-refractivity contribution in [2.45, 2.75) is 0 Å². The van der Waals surface area contributed by atoms with Crippen LogP contribution >= 0.6 is 11.6 Å². The van der Waals surface area contributed by atoms with Gasteiger partial charge < -0.3 is 9.84 Å². The molecule has 0 aromatic heterocycles. The van der Waals surface area contributed by atoms with Crippen LogP contribution in [-0.2, 0) is 4.79 Å². The maximum atomic E-state index is 10.4. The van der Waals surface area contributed by atoms with Gasteiger partial charge >= 0.3 is 5.97 Å². The van der Waals surface area contributed by atoms with E-state index in [1.807, 2.05) is 12.1 Å². The molecule has 2 rings (SSSR count). The smallest absolute Gasteiger partial charge is 0.328 e. The third-order valence-corrected chi connectivity index (χ3v) is 2.57. The summed E-state index contributed by atoms with van der Waals surface area (Å²) in [5.41, 5.74) is 0.792. The number of rotatable bonds is 4. The van der Waals surface area contributed by atoms with Gasteiger partial charge in [0.15, 0.2) is 0 Å². The van der Waals surface area contributed by atoms with Crippen LogP contribution in [0.2, 0.25) is 5.02 Å². The predicted molar refractivity (Wildman–Crippen MR) is 74.6 cm³/mol. The van der Waals surface area contributed by atoms with Crippen molar-refractivity contribution in [2.75, 3.05) is 0 Å². The quantitative estimate of drug-likeness (QED) is 0.849. The number of carboxylic acid groups (broad SMARTS) is 1. The Morgan fingerprint density at radius 2 is 1.84 bits per heavy atom. The van der Waals surface area contributed by atoms with Crippen molar-refractivity contribution in [1.82, 2.24) is 0 Å². The summed E-state index contributed by atoms with van der Waals surface area (Å²) in [7, 11) is 0. The largest absolute Gasteiger partial charge is 0.478 e. The first-order chi connectivity index (χ1) is 9.13. The molecule has 2 aromatic carbocycles. The van der Waals surface area contributed by atoms with Crippen LogP contribution in [0, 0.1) is 0 Å². The zero-order chi connectivity index (χ0) is 13.7. The van der Waals surface area contributed by atoms with Gasteiger partial charge in [0, 0.05) is 11.1 Å². The monoisotopic (exact) mass is 274 g/mol. The molecule has 0 amide bonds. The third-order valence-electron chi connectivity index (χ3n) is 2.33. The average Bonchev–Trinajstić information content (AvgIpc) is 2.38. The van der Waals surface area contributed by atoms with Gasteiger partial charge in [-0.05, 0) is 42.0 Å². The highest BCUT2D eigenvalue weighted by Gasteiger charge is 1.98. The fourth-order valence-electron chi connectivity index (χ4n) is 1.48. The van der Waals surface area contributed by atoms with Crippen molar-refractivity contribution < 1.29 is 14.6 Å². The zero-order valence-corrected chi connectivity index (χ0v) is 10.7. The number of ether oxygens (including phenoxy) is 1. The van der Waals surface area contributed by atoms with E-state index >= 15 is 0 Å². The van der Waals surface area contributed by atoms with E-state index in [0.717, 1.165) is 11.6 Å². The Morgan fingerprint density at radius 3 is 2.47 bits per heavy atom. The molecule has 4 heteroatoms. The molecular formula is C15H11ClO3. The second kappa shape index (κ2) is 6.07. The van der Waals surface area contributed by atoms with Gasteiger partial charge in [0.1, 0.15) is 11.5 Å². The highest BCUT2D eigenvalue weighted by molar-refractivity contribution is 6.30. The summed E-state index contributed by atoms with van der Waals surface area (Å²) in [6, 6.07) is 14.2. The molecule has 0 spiro atoms. The van der Waals surface area contributed by atoms with Gasteiger partial charge in [-0.3, -0.25) is 0 Å². The van der Waals surface area contributed by atoms with Gasteiger partial charge in [-0.15, -0.1) is 0 Å². The lowest BCUT2D eigenvalue weighted by molar-refractivity contribution is -0.131. The molecule has 0 fully saturated rings. The van der Waals surface area contributed by atoms with E-state index in [2.05, 4.69) is 0 Å². The summed E-state index contributed by atoms with van der Waals surface area (Å²) < 4.78 is 5.61. The lowest BCUT2D eigenvalue weighted by Gasteiger charge is -2.05. The molecule has 3 nitrogen and oxygen atoms in total. The van der Waals surface area contributed by atoms with Crippen molar-refractivity contribution in [1.29, 1.82) is 0 Å². The molecule has 0 aliphatic rings. The van der Waals surface area contributed by atoms with Crippen LogP contribution in [-0.4, -0.2) is 11.1 Å². The number of halogens is 1. The standard InChI is InChI=1S/C15H11ClO3/c16-12-2-1-3-14(10-12)19-13-7-4-11(5-8-13)6-9-15(17)18/h1-10H,(H,17,18)/b9-6+. The number of hydrogen-bond acceptors (Lipinski definition) is 2. The van der Waals surface area contributed by atoms with E-state index in [9.17, 15) is 4.79 Å². The van der Waals surface area contributed by atoms with Crippen molar-refractivity contribution >= 4 is 23.6 Å². The van der Waals surface area contributed by atoms with E-state index in [1.165, 1.54) is 6.08 Å². The van der Waals surface area contributed by atoms with Gasteiger partial charge in [0.05, 0.1) is 0 Å². The molecule has 0 heterocycles. The fraction of sp³-hybridized carbons (Fsp3) is 0.